The third-order valence-corrected chi connectivity index (χ3v) is 6.29. The highest BCUT2D eigenvalue weighted by molar-refractivity contribution is 5.97. The molecule has 36 heavy (non-hydrogen) atoms. The molecule has 0 radical (unpaired) electrons. The van der Waals surface area contributed by atoms with Crippen molar-refractivity contribution < 1.29 is 28.2 Å². The van der Waals surface area contributed by atoms with Gasteiger partial charge in [0.1, 0.15) is 23.4 Å². The van der Waals surface area contributed by atoms with Gasteiger partial charge >= 0.3 is 5.97 Å². The third kappa shape index (κ3) is 5.71. The zero-order valence-electron chi connectivity index (χ0n) is 20.1. The van der Waals surface area contributed by atoms with Crippen LogP contribution in [0.15, 0.2) is 72.8 Å². The quantitative estimate of drug-likeness (QED) is 0.502. The SMILES string of the molecule is COC(=O)[C@@H]1C[C@H](c2ccccc2C)CN1C(=O)CNC(=O)c1ccc(Oc2ccc(F)cc2)cc1. The molecule has 1 aliphatic rings. The van der Waals surface area contributed by atoms with Gasteiger partial charge in [-0.3, -0.25) is 9.59 Å². The summed E-state index contributed by atoms with van der Waals surface area (Å²) in [6, 6.07) is 19.2. The van der Waals surface area contributed by atoms with Gasteiger partial charge in [0.15, 0.2) is 0 Å². The monoisotopic (exact) mass is 490 g/mol. The topological polar surface area (TPSA) is 84.9 Å². The van der Waals surface area contributed by atoms with Crippen LogP contribution in [0.25, 0.3) is 0 Å². The van der Waals surface area contributed by atoms with E-state index in [9.17, 15) is 18.8 Å². The molecule has 186 valence electrons. The van der Waals surface area contributed by atoms with E-state index in [1.54, 1.807) is 24.3 Å². The molecule has 0 aliphatic carbocycles. The smallest absolute Gasteiger partial charge is 0.328 e. The van der Waals surface area contributed by atoms with Crippen LogP contribution < -0.4 is 10.1 Å². The molecule has 3 aromatic rings. The largest absolute Gasteiger partial charge is 0.467 e. The summed E-state index contributed by atoms with van der Waals surface area (Å²) in [6.07, 6.45) is 0.465. The highest BCUT2D eigenvalue weighted by Gasteiger charge is 2.41. The van der Waals surface area contributed by atoms with Crippen LogP contribution in [0.3, 0.4) is 0 Å². The molecule has 1 heterocycles. The number of nitrogens with one attached hydrogen (secondary N) is 1. The molecule has 3 aromatic carbocycles. The Kier molecular flexibility index (Phi) is 7.63. The van der Waals surface area contributed by atoms with Crippen molar-refractivity contribution >= 4 is 17.8 Å². The summed E-state index contributed by atoms with van der Waals surface area (Å²) in [5.41, 5.74) is 2.53. The lowest BCUT2D eigenvalue weighted by molar-refractivity contribution is -0.150. The van der Waals surface area contributed by atoms with Crippen molar-refractivity contribution in [2.24, 2.45) is 0 Å². The van der Waals surface area contributed by atoms with Gasteiger partial charge in [0.05, 0.1) is 13.7 Å². The number of ether oxygens (including phenoxy) is 2. The van der Waals surface area contributed by atoms with Crippen LogP contribution in [0.2, 0.25) is 0 Å². The summed E-state index contributed by atoms with van der Waals surface area (Å²) in [6.45, 7) is 2.12. The Morgan fingerprint density at radius 2 is 1.61 bits per heavy atom. The number of carbonyl (C=O) groups is 3. The van der Waals surface area contributed by atoms with Crippen molar-refractivity contribution in [3.8, 4) is 11.5 Å². The van der Waals surface area contributed by atoms with E-state index >= 15 is 0 Å². The molecule has 4 rings (SSSR count). The Morgan fingerprint density at radius 3 is 2.25 bits per heavy atom. The minimum absolute atomic E-state index is 0.00334. The van der Waals surface area contributed by atoms with Gasteiger partial charge in [0, 0.05) is 18.0 Å². The lowest BCUT2D eigenvalue weighted by Gasteiger charge is -2.23. The maximum absolute atomic E-state index is 13.0. The van der Waals surface area contributed by atoms with Crippen molar-refractivity contribution in [3.63, 3.8) is 0 Å². The van der Waals surface area contributed by atoms with Crippen molar-refractivity contribution in [3.05, 3.63) is 95.3 Å². The number of halogens is 1. The zero-order chi connectivity index (χ0) is 25.7. The van der Waals surface area contributed by atoms with Gasteiger partial charge in [0.25, 0.3) is 5.91 Å². The molecule has 0 unspecified atom stereocenters. The number of carbonyl (C=O) groups excluding carboxylic acids is 3. The molecule has 0 aromatic heterocycles. The first-order valence-corrected chi connectivity index (χ1v) is 11.6. The van der Waals surface area contributed by atoms with E-state index in [1.165, 1.54) is 36.3 Å². The van der Waals surface area contributed by atoms with Crippen LogP contribution in [-0.4, -0.2) is 48.9 Å². The molecule has 0 bridgehead atoms. The summed E-state index contributed by atoms with van der Waals surface area (Å²) >= 11 is 0. The lowest BCUT2D eigenvalue weighted by atomic mass is 9.93. The predicted molar refractivity (Wildman–Crippen MR) is 131 cm³/mol. The Morgan fingerprint density at radius 1 is 0.972 bits per heavy atom. The van der Waals surface area contributed by atoms with Gasteiger partial charge in [-0.05, 0) is 73.0 Å². The first-order chi connectivity index (χ1) is 17.4. The molecule has 1 fully saturated rings. The van der Waals surface area contributed by atoms with Crippen molar-refractivity contribution in [2.45, 2.75) is 25.3 Å². The van der Waals surface area contributed by atoms with Gasteiger partial charge in [-0.15, -0.1) is 0 Å². The van der Waals surface area contributed by atoms with Crippen LogP contribution >= 0.6 is 0 Å². The fourth-order valence-electron chi connectivity index (χ4n) is 4.41. The minimum Gasteiger partial charge on any atom is -0.467 e. The van der Waals surface area contributed by atoms with Gasteiger partial charge in [-0.25, -0.2) is 9.18 Å². The minimum atomic E-state index is -0.702. The van der Waals surface area contributed by atoms with Gasteiger partial charge in [0.2, 0.25) is 5.91 Å². The third-order valence-electron chi connectivity index (χ3n) is 6.29. The number of rotatable bonds is 7. The first kappa shape index (κ1) is 24.9. The first-order valence-electron chi connectivity index (χ1n) is 11.6. The molecule has 0 saturated carbocycles. The van der Waals surface area contributed by atoms with Gasteiger partial charge < -0.3 is 19.7 Å². The number of esters is 1. The summed E-state index contributed by atoms with van der Waals surface area (Å²) in [7, 11) is 1.30. The number of amides is 2. The standard InChI is InChI=1S/C28H27FN2O5/c1-18-5-3-4-6-24(18)20-15-25(28(34)35-2)31(17-20)26(32)16-30-27(33)19-7-11-22(12-8-19)36-23-13-9-21(29)10-14-23/h3-14,20,25H,15-17H2,1-2H3,(H,30,33)/t20-,25-/m0/s1. The summed E-state index contributed by atoms with van der Waals surface area (Å²) < 4.78 is 23.6. The average molecular weight is 491 g/mol. The van der Waals surface area contributed by atoms with Crippen molar-refractivity contribution in [2.75, 3.05) is 20.2 Å². The van der Waals surface area contributed by atoms with Crippen LogP contribution in [0.4, 0.5) is 4.39 Å². The van der Waals surface area contributed by atoms with E-state index in [0.29, 0.717) is 30.0 Å². The fourth-order valence-corrected chi connectivity index (χ4v) is 4.41. The second-order valence-corrected chi connectivity index (χ2v) is 8.64. The van der Waals surface area contributed by atoms with E-state index < -0.39 is 17.9 Å². The fraction of sp³-hybridized carbons (Fsp3) is 0.250. The highest BCUT2D eigenvalue weighted by atomic mass is 19.1. The predicted octanol–water partition coefficient (Wildman–Crippen LogP) is 4.21. The maximum Gasteiger partial charge on any atom is 0.328 e. The summed E-state index contributed by atoms with van der Waals surface area (Å²) in [5, 5.41) is 2.63. The molecule has 1 aliphatic heterocycles. The zero-order valence-corrected chi connectivity index (χ0v) is 20.1. The molecular weight excluding hydrogens is 463 g/mol. The van der Waals surface area contributed by atoms with Crippen LogP contribution in [0.5, 0.6) is 11.5 Å². The Balaban J connectivity index is 1.37. The summed E-state index contributed by atoms with van der Waals surface area (Å²) in [4.78, 5) is 39.5. The van der Waals surface area contributed by atoms with E-state index in [0.717, 1.165) is 11.1 Å². The average Bonchev–Trinajstić information content (AvgIpc) is 3.34. The molecular formula is C28H27FN2O5. The summed E-state index contributed by atoms with van der Waals surface area (Å²) in [5.74, 6) is -0.664. The van der Waals surface area contributed by atoms with Crippen molar-refractivity contribution in [1.29, 1.82) is 0 Å². The van der Waals surface area contributed by atoms with E-state index in [4.69, 9.17) is 9.47 Å². The number of aryl methyl sites for hydroxylation is 1. The Hall–Kier alpha value is -4.20. The van der Waals surface area contributed by atoms with Crippen molar-refractivity contribution in [1.82, 2.24) is 10.2 Å². The number of hydrogen-bond acceptors (Lipinski definition) is 5. The molecule has 2 amide bonds. The molecule has 2 atom stereocenters. The van der Waals surface area contributed by atoms with Gasteiger partial charge in [-0.1, -0.05) is 24.3 Å². The highest BCUT2D eigenvalue weighted by Crippen LogP contribution is 2.34. The van der Waals surface area contributed by atoms with E-state index in [1.807, 2.05) is 31.2 Å². The van der Waals surface area contributed by atoms with Gasteiger partial charge in [-0.2, -0.15) is 0 Å². The second kappa shape index (κ2) is 11.0. The number of benzene rings is 3. The molecule has 1 N–H and O–H groups in total. The van der Waals surface area contributed by atoms with Crippen LogP contribution in [0, 0.1) is 12.7 Å². The lowest BCUT2D eigenvalue weighted by Crippen LogP contribution is -2.46. The number of hydrogen-bond donors (Lipinski definition) is 1. The number of likely N-dealkylation sites (tertiary alicyclic amines) is 1. The molecule has 8 heteroatoms. The molecule has 7 nitrogen and oxygen atoms in total. The molecule has 0 spiro atoms. The van der Waals surface area contributed by atoms with Crippen LogP contribution in [0.1, 0.15) is 33.8 Å². The van der Waals surface area contributed by atoms with Crippen LogP contribution in [-0.2, 0) is 14.3 Å². The van der Waals surface area contributed by atoms with E-state index in [2.05, 4.69) is 5.32 Å². The second-order valence-electron chi connectivity index (χ2n) is 8.64. The normalized spacial score (nSPS) is 16.9. The van der Waals surface area contributed by atoms with E-state index in [-0.39, 0.29) is 24.2 Å². The molecule has 1 saturated heterocycles. The Bertz CT molecular complexity index is 1240. The number of methoxy groups -OCH3 is 1. The Labute approximate surface area is 208 Å². The number of nitrogens with zero attached hydrogens (tertiary/aromatic N) is 1. The maximum atomic E-state index is 13.0.